The first-order valence-corrected chi connectivity index (χ1v) is 9.03. The van der Waals surface area contributed by atoms with Crippen molar-refractivity contribution in [3.8, 4) is 0 Å². The minimum absolute atomic E-state index is 0.0593. The Hall–Kier alpha value is -2.12. The first kappa shape index (κ1) is 28.7. The summed E-state index contributed by atoms with van der Waals surface area (Å²) in [7, 11) is 0. The molecule has 0 rings (SSSR count). The lowest BCUT2D eigenvalue weighted by Crippen LogP contribution is -2.09. The number of carboxylic acids is 2. The van der Waals surface area contributed by atoms with Crippen molar-refractivity contribution in [2.75, 3.05) is 13.2 Å². The Morgan fingerprint density at radius 3 is 1.12 bits per heavy atom. The summed E-state index contributed by atoms with van der Waals surface area (Å²) in [5.74, 6) is -3.77. The largest absolute Gasteiger partial charge is 0.473 e. The first-order valence-electron chi connectivity index (χ1n) is 9.03. The van der Waals surface area contributed by atoms with Crippen molar-refractivity contribution in [1.29, 1.82) is 0 Å². The van der Waals surface area contributed by atoms with Gasteiger partial charge in [0.1, 0.15) is 0 Å². The predicted octanol–water partition coefficient (Wildman–Crippen LogP) is 3.42. The van der Waals surface area contributed by atoms with Gasteiger partial charge in [-0.05, 0) is 26.7 Å². The van der Waals surface area contributed by atoms with E-state index in [1.165, 1.54) is 0 Å². The maximum absolute atomic E-state index is 10.7. The van der Waals surface area contributed by atoms with Crippen molar-refractivity contribution in [2.24, 2.45) is 0 Å². The van der Waals surface area contributed by atoms with Crippen LogP contribution >= 0.6 is 0 Å². The number of rotatable bonds is 10. The van der Waals surface area contributed by atoms with Crippen LogP contribution in [0.5, 0.6) is 0 Å². The van der Waals surface area contributed by atoms with E-state index in [1.54, 1.807) is 0 Å². The summed E-state index contributed by atoms with van der Waals surface area (Å²) < 4.78 is 9.50. The third kappa shape index (κ3) is 29.8. The third-order valence-corrected chi connectivity index (χ3v) is 2.76. The smallest absolute Gasteiger partial charge is 0.414 e. The lowest BCUT2D eigenvalue weighted by molar-refractivity contribution is -0.159. The van der Waals surface area contributed by atoms with Crippen LogP contribution in [0.25, 0.3) is 0 Å². The van der Waals surface area contributed by atoms with Gasteiger partial charge < -0.3 is 19.7 Å². The lowest BCUT2D eigenvalue weighted by atomic mass is 10.2. The molecule has 0 bridgehead atoms. The summed E-state index contributed by atoms with van der Waals surface area (Å²) in [5.41, 5.74) is 0. The molecule has 0 aliphatic carbocycles. The molecule has 26 heavy (non-hydrogen) atoms. The highest BCUT2D eigenvalue weighted by molar-refractivity contribution is 6.27. The highest BCUT2D eigenvalue weighted by Gasteiger charge is 2.04. The van der Waals surface area contributed by atoms with Crippen LogP contribution in [0, 0.1) is 0 Å². The van der Waals surface area contributed by atoms with E-state index in [2.05, 4.69) is 13.8 Å². The number of carbonyl (C=O) groups excluding carboxylic acids is 2. The Balaban J connectivity index is -0.000000316. The van der Waals surface area contributed by atoms with Crippen molar-refractivity contribution in [1.82, 2.24) is 0 Å². The molecule has 0 spiro atoms. The average molecular weight is 378 g/mol. The topological polar surface area (TPSA) is 127 Å². The van der Waals surface area contributed by atoms with Gasteiger partial charge in [-0.15, -0.1) is 0 Å². The number of aliphatic carboxylic acids is 2. The fraction of sp³-hybridized carbons (Fsp3) is 0.778. The van der Waals surface area contributed by atoms with Crippen molar-refractivity contribution >= 4 is 23.9 Å². The van der Waals surface area contributed by atoms with Gasteiger partial charge in [0.2, 0.25) is 0 Å². The normalized spacial score (nSPS) is 8.92. The van der Waals surface area contributed by atoms with Gasteiger partial charge in [-0.1, -0.05) is 39.5 Å². The van der Waals surface area contributed by atoms with E-state index < -0.39 is 11.9 Å². The van der Waals surface area contributed by atoms with Crippen LogP contribution in [0.1, 0.15) is 79.1 Å². The number of ether oxygens (including phenoxy) is 2. The molecule has 0 aromatic heterocycles. The molecule has 0 aromatic carbocycles. The molecule has 0 saturated heterocycles. The summed E-state index contributed by atoms with van der Waals surface area (Å²) in [4.78, 5) is 39.6. The van der Waals surface area contributed by atoms with Crippen molar-refractivity contribution < 1.29 is 38.9 Å². The minimum atomic E-state index is -1.82. The minimum Gasteiger partial charge on any atom is -0.473 e. The molecule has 0 unspecified atom stereocenters. The molecule has 8 nitrogen and oxygen atoms in total. The SMILES string of the molecule is CCCCCC(=O)OCC.CCCCCC(=O)OCC.O=C(O)C(=O)O. The number of carbonyl (C=O) groups is 4. The van der Waals surface area contributed by atoms with Gasteiger partial charge in [-0.25, -0.2) is 9.59 Å². The predicted molar refractivity (Wildman–Crippen MR) is 96.8 cm³/mol. The molecule has 0 aliphatic rings. The van der Waals surface area contributed by atoms with E-state index >= 15 is 0 Å². The molecule has 0 radical (unpaired) electrons. The number of carboxylic acid groups (broad SMARTS) is 2. The van der Waals surface area contributed by atoms with Crippen molar-refractivity contribution in [3.63, 3.8) is 0 Å². The van der Waals surface area contributed by atoms with Crippen LogP contribution < -0.4 is 0 Å². The standard InChI is InChI=1S/2C8H16O2.C2H2O4/c2*1-3-5-6-7-8(9)10-4-2;3-1(4)2(5)6/h2*3-7H2,1-2H3;(H,3,4)(H,5,6). The quantitative estimate of drug-likeness (QED) is 0.336. The zero-order valence-corrected chi connectivity index (χ0v) is 16.4. The Morgan fingerprint density at radius 2 is 0.923 bits per heavy atom. The van der Waals surface area contributed by atoms with Gasteiger partial charge in [0, 0.05) is 12.8 Å². The second-order valence-electron chi connectivity index (χ2n) is 5.13. The van der Waals surface area contributed by atoms with E-state index in [4.69, 9.17) is 29.3 Å². The van der Waals surface area contributed by atoms with Gasteiger partial charge in [0.15, 0.2) is 0 Å². The summed E-state index contributed by atoms with van der Waals surface area (Å²) in [6.45, 7) is 8.90. The molecule has 0 aromatic rings. The fourth-order valence-electron chi connectivity index (χ4n) is 1.50. The zero-order chi connectivity index (χ0) is 20.8. The van der Waals surface area contributed by atoms with Crippen molar-refractivity contribution in [2.45, 2.75) is 79.1 Å². The van der Waals surface area contributed by atoms with Crippen LogP contribution in [0.3, 0.4) is 0 Å². The third-order valence-electron chi connectivity index (χ3n) is 2.76. The van der Waals surface area contributed by atoms with Crippen LogP contribution in [0.15, 0.2) is 0 Å². The molecule has 8 heteroatoms. The second kappa shape index (κ2) is 22.9. The highest BCUT2D eigenvalue weighted by Crippen LogP contribution is 2.00. The Bertz CT molecular complexity index is 343. The molecule has 0 atom stereocenters. The van der Waals surface area contributed by atoms with Gasteiger partial charge >= 0.3 is 23.9 Å². The van der Waals surface area contributed by atoms with Crippen molar-refractivity contribution in [3.05, 3.63) is 0 Å². The number of unbranched alkanes of at least 4 members (excludes halogenated alkanes) is 4. The monoisotopic (exact) mass is 378 g/mol. The first-order chi connectivity index (χ1) is 12.3. The van der Waals surface area contributed by atoms with Crippen LogP contribution in [-0.2, 0) is 28.7 Å². The Kier molecular flexibility index (Phi) is 25.2. The molecule has 154 valence electrons. The van der Waals surface area contributed by atoms with Gasteiger partial charge in [0.05, 0.1) is 13.2 Å². The summed E-state index contributed by atoms with van der Waals surface area (Å²) in [6, 6.07) is 0. The maximum Gasteiger partial charge on any atom is 0.414 e. The average Bonchev–Trinajstić information content (AvgIpc) is 2.57. The number of esters is 2. The molecule has 0 aliphatic heterocycles. The highest BCUT2D eigenvalue weighted by atomic mass is 16.5. The molecule has 2 N–H and O–H groups in total. The van der Waals surface area contributed by atoms with Crippen LogP contribution in [0.4, 0.5) is 0 Å². The molecule has 0 fully saturated rings. The van der Waals surface area contributed by atoms with Crippen LogP contribution in [-0.4, -0.2) is 47.3 Å². The van der Waals surface area contributed by atoms with Gasteiger partial charge in [0.25, 0.3) is 0 Å². The molecule has 0 heterocycles. The van der Waals surface area contributed by atoms with Gasteiger partial charge in [-0.2, -0.15) is 0 Å². The fourth-order valence-corrected chi connectivity index (χ4v) is 1.50. The second-order valence-corrected chi connectivity index (χ2v) is 5.13. The number of hydrogen-bond acceptors (Lipinski definition) is 6. The van der Waals surface area contributed by atoms with E-state index in [1.807, 2.05) is 13.8 Å². The zero-order valence-electron chi connectivity index (χ0n) is 16.4. The molecule has 0 amide bonds. The summed E-state index contributed by atoms with van der Waals surface area (Å²) in [6.07, 6.45) is 7.66. The van der Waals surface area contributed by atoms with E-state index in [0.717, 1.165) is 38.5 Å². The Morgan fingerprint density at radius 1 is 0.615 bits per heavy atom. The molecule has 0 saturated carbocycles. The lowest BCUT2D eigenvalue weighted by Gasteiger charge is -1.99. The van der Waals surface area contributed by atoms with E-state index in [9.17, 15) is 9.59 Å². The van der Waals surface area contributed by atoms with Crippen LogP contribution in [0.2, 0.25) is 0 Å². The van der Waals surface area contributed by atoms with E-state index in [0.29, 0.717) is 26.1 Å². The molecular formula is C18H34O8. The maximum atomic E-state index is 10.7. The summed E-state index contributed by atoms with van der Waals surface area (Å²) >= 11 is 0. The number of hydrogen-bond donors (Lipinski definition) is 2. The Labute approximate surface area is 155 Å². The summed E-state index contributed by atoms with van der Waals surface area (Å²) in [5, 5.41) is 14.8. The van der Waals surface area contributed by atoms with Gasteiger partial charge in [-0.3, -0.25) is 9.59 Å². The molecular weight excluding hydrogens is 344 g/mol. The van der Waals surface area contributed by atoms with E-state index in [-0.39, 0.29) is 11.9 Å².